The molecule has 1 heterocycles. The minimum absolute atomic E-state index is 0.0520. The Morgan fingerprint density at radius 1 is 0.923 bits per heavy atom. The van der Waals surface area contributed by atoms with Gasteiger partial charge in [0.05, 0.1) is 0 Å². The molecule has 0 aromatic rings. The standard InChI is InChI=1S/C11H18O2/c1-5-7-9-10(8-6-2)13-11(3,4)12-9/h5-10H,1-4H3. The highest BCUT2D eigenvalue weighted by Crippen LogP contribution is 2.29. The fourth-order valence-electron chi connectivity index (χ4n) is 1.49. The largest absolute Gasteiger partial charge is 0.340 e. The van der Waals surface area contributed by atoms with Crippen LogP contribution in [-0.2, 0) is 9.47 Å². The lowest BCUT2D eigenvalue weighted by atomic mass is 10.2. The molecule has 0 aromatic heterocycles. The van der Waals surface area contributed by atoms with Gasteiger partial charge in [-0.2, -0.15) is 0 Å². The van der Waals surface area contributed by atoms with E-state index in [0.29, 0.717) is 0 Å². The minimum atomic E-state index is -0.464. The Hall–Kier alpha value is -0.600. The van der Waals surface area contributed by atoms with Gasteiger partial charge in [-0.25, -0.2) is 0 Å². The van der Waals surface area contributed by atoms with Gasteiger partial charge in [0, 0.05) is 0 Å². The van der Waals surface area contributed by atoms with Gasteiger partial charge in [0.1, 0.15) is 12.2 Å². The lowest BCUT2D eigenvalue weighted by Crippen LogP contribution is -2.20. The number of ether oxygens (including phenoxy) is 2. The van der Waals surface area contributed by atoms with Crippen LogP contribution in [-0.4, -0.2) is 18.0 Å². The molecule has 2 heteroatoms. The van der Waals surface area contributed by atoms with E-state index in [1.807, 2.05) is 52.0 Å². The van der Waals surface area contributed by atoms with Crippen LogP contribution < -0.4 is 0 Å². The van der Waals surface area contributed by atoms with Gasteiger partial charge in [-0.15, -0.1) is 0 Å². The van der Waals surface area contributed by atoms with Gasteiger partial charge in [0.2, 0.25) is 0 Å². The Balaban J connectivity index is 2.71. The van der Waals surface area contributed by atoms with Crippen LogP contribution in [0.5, 0.6) is 0 Å². The molecule has 13 heavy (non-hydrogen) atoms. The third-order valence-electron chi connectivity index (χ3n) is 1.93. The molecule has 1 saturated heterocycles. The van der Waals surface area contributed by atoms with E-state index in [1.54, 1.807) is 0 Å². The second-order valence-electron chi connectivity index (χ2n) is 3.62. The average Bonchev–Trinajstić information content (AvgIpc) is 2.28. The molecule has 1 aliphatic heterocycles. The zero-order chi connectivity index (χ0) is 9.90. The Kier molecular flexibility index (Phi) is 3.28. The molecular formula is C11H18O2. The van der Waals surface area contributed by atoms with Crippen LogP contribution in [0.3, 0.4) is 0 Å². The van der Waals surface area contributed by atoms with Crippen molar-refractivity contribution in [3.63, 3.8) is 0 Å². The monoisotopic (exact) mass is 182 g/mol. The summed E-state index contributed by atoms with van der Waals surface area (Å²) in [4.78, 5) is 0. The molecule has 0 bridgehead atoms. The van der Waals surface area contributed by atoms with Crippen molar-refractivity contribution in [1.82, 2.24) is 0 Å². The Morgan fingerprint density at radius 2 is 1.31 bits per heavy atom. The molecule has 2 nitrogen and oxygen atoms in total. The zero-order valence-electron chi connectivity index (χ0n) is 8.78. The maximum atomic E-state index is 5.69. The van der Waals surface area contributed by atoms with E-state index in [2.05, 4.69) is 0 Å². The van der Waals surface area contributed by atoms with Crippen LogP contribution in [0.4, 0.5) is 0 Å². The summed E-state index contributed by atoms with van der Waals surface area (Å²) < 4.78 is 11.4. The summed E-state index contributed by atoms with van der Waals surface area (Å²) >= 11 is 0. The van der Waals surface area contributed by atoms with Crippen LogP contribution in [0.25, 0.3) is 0 Å². The summed E-state index contributed by atoms with van der Waals surface area (Å²) in [6.45, 7) is 7.85. The van der Waals surface area contributed by atoms with Gasteiger partial charge in [-0.1, -0.05) is 24.3 Å². The van der Waals surface area contributed by atoms with Crippen LogP contribution in [0.2, 0.25) is 0 Å². The van der Waals surface area contributed by atoms with Crippen molar-refractivity contribution in [2.75, 3.05) is 0 Å². The van der Waals surface area contributed by atoms with Gasteiger partial charge in [-0.05, 0) is 27.7 Å². The van der Waals surface area contributed by atoms with Crippen LogP contribution >= 0.6 is 0 Å². The van der Waals surface area contributed by atoms with Crippen molar-refractivity contribution in [3.8, 4) is 0 Å². The molecule has 0 saturated carbocycles. The minimum Gasteiger partial charge on any atom is -0.340 e. The second-order valence-corrected chi connectivity index (χ2v) is 3.62. The molecular weight excluding hydrogens is 164 g/mol. The SMILES string of the molecule is CC=CC1OC(C)(C)OC1C=CC. The fraction of sp³-hybridized carbons (Fsp3) is 0.636. The summed E-state index contributed by atoms with van der Waals surface area (Å²) in [5.74, 6) is -0.464. The highest BCUT2D eigenvalue weighted by atomic mass is 16.7. The molecule has 0 N–H and O–H groups in total. The molecule has 2 atom stereocenters. The van der Waals surface area contributed by atoms with E-state index in [0.717, 1.165) is 0 Å². The quantitative estimate of drug-likeness (QED) is 0.611. The molecule has 0 spiro atoms. The second kappa shape index (κ2) is 4.07. The van der Waals surface area contributed by atoms with Crippen molar-refractivity contribution in [1.29, 1.82) is 0 Å². The lowest BCUT2D eigenvalue weighted by Gasteiger charge is -2.15. The Morgan fingerprint density at radius 3 is 1.62 bits per heavy atom. The summed E-state index contributed by atoms with van der Waals surface area (Å²) in [6.07, 6.45) is 8.14. The van der Waals surface area contributed by atoms with E-state index in [-0.39, 0.29) is 12.2 Å². The van der Waals surface area contributed by atoms with Crippen LogP contribution in [0.1, 0.15) is 27.7 Å². The van der Waals surface area contributed by atoms with Crippen LogP contribution in [0.15, 0.2) is 24.3 Å². The molecule has 1 rings (SSSR count). The average molecular weight is 182 g/mol. The predicted octanol–water partition coefficient (Wildman–Crippen LogP) is 2.66. The molecule has 0 radical (unpaired) electrons. The van der Waals surface area contributed by atoms with Crippen molar-refractivity contribution in [3.05, 3.63) is 24.3 Å². The first-order valence-corrected chi connectivity index (χ1v) is 4.70. The first-order chi connectivity index (χ1) is 6.09. The molecule has 0 amide bonds. The van der Waals surface area contributed by atoms with Crippen LogP contribution in [0, 0.1) is 0 Å². The smallest absolute Gasteiger partial charge is 0.164 e. The summed E-state index contributed by atoms with van der Waals surface area (Å²) in [5.41, 5.74) is 0. The zero-order valence-corrected chi connectivity index (χ0v) is 8.78. The molecule has 1 fully saturated rings. The summed E-state index contributed by atoms with van der Waals surface area (Å²) in [7, 11) is 0. The van der Waals surface area contributed by atoms with Crippen molar-refractivity contribution >= 4 is 0 Å². The first-order valence-electron chi connectivity index (χ1n) is 4.70. The fourth-order valence-corrected chi connectivity index (χ4v) is 1.49. The first kappa shape index (κ1) is 10.5. The number of hydrogen-bond donors (Lipinski definition) is 0. The Labute approximate surface area is 80.2 Å². The number of allylic oxidation sites excluding steroid dienone is 2. The topological polar surface area (TPSA) is 18.5 Å². The van der Waals surface area contributed by atoms with E-state index < -0.39 is 5.79 Å². The normalized spacial score (nSPS) is 33.5. The van der Waals surface area contributed by atoms with Gasteiger partial charge < -0.3 is 9.47 Å². The highest BCUT2D eigenvalue weighted by molar-refractivity contribution is 5.04. The van der Waals surface area contributed by atoms with E-state index in [4.69, 9.17) is 9.47 Å². The van der Waals surface area contributed by atoms with Crippen molar-refractivity contribution < 1.29 is 9.47 Å². The maximum Gasteiger partial charge on any atom is 0.164 e. The molecule has 0 aliphatic carbocycles. The molecule has 1 aliphatic rings. The van der Waals surface area contributed by atoms with E-state index >= 15 is 0 Å². The van der Waals surface area contributed by atoms with Crippen molar-refractivity contribution in [2.24, 2.45) is 0 Å². The van der Waals surface area contributed by atoms with E-state index in [9.17, 15) is 0 Å². The lowest BCUT2D eigenvalue weighted by molar-refractivity contribution is -0.139. The third-order valence-corrected chi connectivity index (χ3v) is 1.93. The van der Waals surface area contributed by atoms with Crippen molar-refractivity contribution in [2.45, 2.75) is 45.7 Å². The maximum absolute atomic E-state index is 5.69. The molecule has 2 unspecified atom stereocenters. The van der Waals surface area contributed by atoms with Gasteiger partial charge in [-0.3, -0.25) is 0 Å². The Bertz CT molecular complexity index is 194. The number of rotatable bonds is 2. The van der Waals surface area contributed by atoms with Gasteiger partial charge >= 0.3 is 0 Å². The summed E-state index contributed by atoms with van der Waals surface area (Å²) in [5, 5.41) is 0. The van der Waals surface area contributed by atoms with Gasteiger partial charge in [0.15, 0.2) is 5.79 Å². The summed E-state index contributed by atoms with van der Waals surface area (Å²) in [6, 6.07) is 0. The third kappa shape index (κ3) is 2.68. The molecule has 74 valence electrons. The van der Waals surface area contributed by atoms with E-state index in [1.165, 1.54) is 0 Å². The highest BCUT2D eigenvalue weighted by Gasteiger charge is 2.38. The predicted molar refractivity (Wildman–Crippen MR) is 53.5 cm³/mol. The number of hydrogen-bond acceptors (Lipinski definition) is 2. The molecule has 0 aromatic carbocycles. The van der Waals surface area contributed by atoms with Gasteiger partial charge in [0.25, 0.3) is 0 Å².